The molecular weight excluding hydrogens is 254 g/mol. The quantitative estimate of drug-likeness (QED) is 0.523. The zero-order valence-corrected chi connectivity index (χ0v) is 13.4. The summed E-state index contributed by atoms with van der Waals surface area (Å²) < 4.78 is 2.31. The highest BCUT2D eigenvalue weighted by atomic mass is 14.9. The third-order valence-electron chi connectivity index (χ3n) is 4.54. The number of unbranched alkanes of at least 4 members (excludes halogenated alkanes) is 3. The van der Waals surface area contributed by atoms with E-state index in [0.717, 1.165) is 0 Å². The molecule has 1 aromatic heterocycles. The van der Waals surface area contributed by atoms with Crippen molar-refractivity contribution < 1.29 is 0 Å². The first-order chi connectivity index (χ1) is 10.2. The first-order valence-electron chi connectivity index (χ1n) is 8.18. The summed E-state index contributed by atoms with van der Waals surface area (Å²) in [6.45, 7) is 4.44. The van der Waals surface area contributed by atoms with Crippen LogP contribution in [0.4, 0.5) is 0 Å². The lowest BCUT2D eigenvalue weighted by atomic mass is 10.0. The van der Waals surface area contributed by atoms with Gasteiger partial charge in [0.15, 0.2) is 0 Å². The highest BCUT2D eigenvalue weighted by Crippen LogP contribution is 2.30. The monoisotopic (exact) mass is 279 g/mol. The molecule has 0 spiro atoms. The van der Waals surface area contributed by atoms with Crippen molar-refractivity contribution in [3.05, 3.63) is 47.5 Å². The third kappa shape index (κ3) is 2.70. The molecule has 3 rings (SSSR count). The van der Waals surface area contributed by atoms with E-state index >= 15 is 0 Å². The predicted octanol–water partition coefficient (Wildman–Crippen LogP) is 5.76. The number of hydrogen-bond acceptors (Lipinski definition) is 0. The van der Waals surface area contributed by atoms with Crippen LogP contribution in [0.2, 0.25) is 0 Å². The molecular formula is C20H25N. The zero-order chi connectivity index (χ0) is 14.8. The van der Waals surface area contributed by atoms with Gasteiger partial charge in [0.25, 0.3) is 0 Å². The van der Waals surface area contributed by atoms with Crippen molar-refractivity contribution in [1.29, 1.82) is 0 Å². The minimum atomic E-state index is 1.21. The van der Waals surface area contributed by atoms with Gasteiger partial charge < -0.3 is 4.57 Å². The summed E-state index contributed by atoms with van der Waals surface area (Å²) in [5.41, 5.74) is 5.49. The van der Waals surface area contributed by atoms with Crippen molar-refractivity contribution in [3.63, 3.8) is 0 Å². The normalized spacial score (nSPS) is 11.6. The lowest BCUT2D eigenvalue weighted by Crippen LogP contribution is -1.88. The van der Waals surface area contributed by atoms with Gasteiger partial charge in [-0.05, 0) is 49.6 Å². The van der Waals surface area contributed by atoms with Gasteiger partial charge >= 0.3 is 0 Å². The maximum Gasteiger partial charge on any atom is 0.0488 e. The summed E-state index contributed by atoms with van der Waals surface area (Å²) in [7, 11) is 2.17. The van der Waals surface area contributed by atoms with Crippen LogP contribution in [0.1, 0.15) is 43.7 Å². The number of hydrogen-bond donors (Lipinski definition) is 0. The Bertz CT molecular complexity index is 764. The Morgan fingerprint density at radius 3 is 2.33 bits per heavy atom. The summed E-state index contributed by atoms with van der Waals surface area (Å²) in [5, 5.41) is 2.80. The van der Waals surface area contributed by atoms with Gasteiger partial charge in [-0.3, -0.25) is 0 Å². The van der Waals surface area contributed by atoms with E-state index in [-0.39, 0.29) is 0 Å². The molecule has 0 aliphatic carbocycles. The molecule has 0 N–H and O–H groups in total. The van der Waals surface area contributed by atoms with Gasteiger partial charge in [-0.25, -0.2) is 0 Å². The Morgan fingerprint density at radius 2 is 1.57 bits per heavy atom. The van der Waals surface area contributed by atoms with E-state index in [1.165, 1.54) is 65.0 Å². The van der Waals surface area contributed by atoms with Gasteiger partial charge in [-0.15, -0.1) is 0 Å². The molecule has 0 aliphatic rings. The number of fused-ring (bicyclic) bond motifs is 3. The molecule has 0 aliphatic heterocycles. The molecule has 0 fully saturated rings. The maximum absolute atomic E-state index is 2.41. The molecule has 0 amide bonds. The topological polar surface area (TPSA) is 4.93 Å². The molecule has 1 heteroatoms. The molecule has 0 atom stereocenters. The van der Waals surface area contributed by atoms with E-state index in [1.54, 1.807) is 0 Å². The van der Waals surface area contributed by atoms with Crippen molar-refractivity contribution >= 4 is 21.8 Å². The van der Waals surface area contributed by atoms with Crippen molar-refractivity contribution in [2.24, 2.45) is 7.05 Å². The Kier molecular flexibility index (Phi) is 4.01. The van der Waals surface area contributed by atoms with Crippen molar-refractivity contribution in [1.82, 2.24) is 4.57 Å². The molecule has 110 valence electrons. The average Bonchev–Trinajstić information content (AvgIpc) is 2.76. The van der Waals surface area contributed by atoms with Gasteiger partial charge in [0, 0.05) is 28.9 Å². The summed E-state index contributed by atoms with van der Waals surface area (Å²) in [6.07, 6.45) is 6.53. The minimum Gasteiger partial charge on any atom is -0.344 e. The molecule has 0 saturated carbocycles. The number of benzene rings is 2. The first kappa shape index (κ1) is 14.2. The van der Waals surface area contributed by atoms with Crippen LogP contribution in [0.25, 0.3) is 21.8 Å². The van der Waals surface area contributed by atoms with Crippen LogP contribution >= 0.6 is 0 Å². The number of nitrogens with zero attached hydrogens (tertiary/aromatic N) is 1. The lowest BCUT2D eigenvalue weighted by molar-refractivity contribution is 0.667. The highest BCUT2D eigenvalue weighted by molar-refractivity contribution is 6.08. The summed E-state index contributed by atoms with van der Waals surface area (Å²) in [5.74, 6) is 0. The third-order valence-corrected chi connectivity index (χ3v) is 4.54. The van der Waals surface area contributed by atoms with Crippen LogP contribution in [-0.4, -0.2) is 4.57 Å². The molecule has 21 heavy (non-hydrogen) atoms. The van der Waals surface area contributed by atoms with Gasteiger partial charge in [-0.2, -0.15) is 0 Å². The second kappa shape index (κ2) is 5.93. The number of aryl methyl sites for hydroxylation is 3. The van der Waals surface area contributed by atoms with Crippen molar-refractivity contribution in [2.45, 2.75) is 46.0 Å². The standard InChI is InChI=1S/C20H25N/c1-4-5-6-7-8-16-10-12-20-18(14-16)17-13-15(2)9-11-19(17)21(20)3/h9-14H,4-8H2,1-3H3. The summed E-state index contributed by atoms with van der Waals surface area (Å²) in [4.78, 5) is 0. The SMILES string of the molecule is CCCCCCc1ccc2c(c1)c1cc(C)ccc1n2C. The van der Waals surface area contributed by atoms with E-state index in [0.29, 0.717) is 0 Å². The maximum atomic E-state index is 2.41. The molecule has 0 unspecified atom stereocenters. The van der Waals surface area contributed by atoms with E-state index < -0.39 is 0 Å². The molecule has 0 saturated heterocycles. The Balaban J connectivity index is 2.00. The molecule has 0 bridgehead atoms. The second-order valence-corrected chi connectivity index (χ2v) is 6.24. The fourth-order valence-corrected chi connectivity index (χ4v) is 3.29. The Hall–Kier alpha value is -1.76. The highest BCUT2D eigenvalue weighted by Gasteiger charge is 2.08. The van der Waals surface area contributed by atoms with Crippen molar-refractivity contribution in [2.75, 3.05) is 0 Å². The van der Waals surface area contributed by atoms with Crippen LogP contribution in [-0.2, 0) is 13.5 Å². The molecule has 2 aromatic carbocycles. The lowest BCUT2D eigenvalue weighted by Gasteiger charge is -2.03. The fraction of sp³-hybridized carbons (Fsp3) is 0.400. The molecule has 3 aromatic rings. The van der Waals surface area contributed by atoms with Gasteiger partial charge in [0.2, 0.25) is 0 Å². The van der Waals surface area contributed by atoms with Gasteiger partial charge in [0.05, 0.1) is 0 Å². The summed E-state index contributed by atoms with van der Waals surface area (Å²) >= 11 is 0. The predicted molar refractivity (Wildman–Crippen MR) is 93.0 cm³/mol. The molecule has 0 radical (unpaired) electrons. The van der Waals surface area contributed by atoms with Crippen LogP contribution in [0, 0.1) is 6.92 Å². The van der Waals surface area contributed by atoms with Crippen LogP contribution in [0.15, 0.2) is 36.4 Å². The van der Waals surface area contributed by atoms with Gasteiger partial charge in [-0.1, -0.05) is 43.9 Å². The zero-order valence-electron chi connectivity index (χ0n) is 13.4. The van der Waals surface area contributed by atoms with E-state index in [1.807, 2.05) is 0 Å². The van der Waals surface area contributed by atoms with Crippen LogP contribution < -0.4 is 0 Å². The molecule has 1 nitrogen and oxygen atoms in total. The Morgan fingerprint density at radius 1 is 0.857 bits per heavy atom. The number of aromatic nitrogens is 1. The van der Waals surface area contributed by atoms with Crippen LogP contribution in [0.3, 0.4) is 0 Å². The van der Waals surface area contributed by atoms with Crippen LogP contribution in [0.5, 0.6) is 0 Å². The number of rotatable bonds is 5. The van der Waals surface area contributed by atoms with E-state index in [4.69, 9.17) is 0 Å². The largest absolute Gasteiger partial charge is 0.344 e. The average molecular weight is 279 g/mol. The summed E-state index contributed by atoms with van der Waals surface area (Å²) in [6, 6.07) is 13.8. The molecule has 1 heterocycles. The minimum absolute atomic E-state index is 1.21. The van der Waals surface area contributed by atoms with Gasteiger partial charge in [0.1, 0.15) is 0 Å². The Labute approximate surface area is 127 Å². The second-order valence-electron chi connectivity index (χ2n) is 6.24. The van der Waals surface area contributed by atoms with Crippen molar-refractivity contribution in [3.8, 4) is 0 Å². The smallest absolute Gasteiger partial charge is 0.0488 e. The fourth-order valence-electron chi connectivity index (χ4n) is 3.29. The first-order valence-corrected chi connectivity index (χ1v) is 8.18. The van der Waals surface area contributed by atoms with E-state index in [9.17, 15) is 0 Å². The van der Waals surface area contributed by atoms with E-state index in [2.05, 4.69) is 61.9 Å².